The molecule has 1 saturated heterocycles. The van der Waals surface area contributed by atoms with Gasteiger partial charge in [-0.1, -0.05) is 24.3 Å². The zero-order valence-electron chi connectivity index (χ0n) is 15.1. The van der Waals surface area contributed by atoms with Crippen molar-refractivity contribution in [2.75, 3.05) is 39.5 Å². The third kappa shape index (κ3) is 5.77. The molecule has 0 radical (unpaired) electrons. The van der Waals surface area contributed by atoms with Gasteiger partial charge in [-0.25, -0.2) is 0 Å². The predicted molar refractivity (Wildman–Crippen MR) is 97.9 cm³/mol. The van der Waals surface area contributed by atoms with Gasteiger partial charge >= 0.3 is 0 Å². The number of benzene rings is 1. The Morgan fingerprint density at radius 3 is 2.35 bits per heavy atom. The van der Waals surface area contributed by atoms with Crippen molar-refractivity contribution in [1.29, 1.82) is 0 Å². The fourth-order valence-electron chi connectivity index (χ4n) is 2.92. The molecule has 0 aliphatic carbocycles. The van der Waals surface area contributed by atoms with Crippen LogP contribution in [-0.4, -0.2) is 89.2 Å². The van der Waals surface area contributed by atoms with E-state index in [2.05, 4.69) is 0 Å². The molecule has 0 saturated carbocycles. The number of ether oxygens (including phenoxy) is 2. The molecule has 0 bridgehead atoms. The second-order valence-corrected chi connectivity index (χ2v) is 6.23. The van der Waals surface area contributed by atoms with Crippen LogP contribution in [0.25, 0.3) is 6.08 Å². The van der Waals surface area contributed by atoms with Gasteiger partial charge in [0, 0.05) is 13.1 Å². The van der Waals surface area contributed by atoms with Crippen LogP contribution in [0, 0.1) is 0 Å². The number of nitrogens with zero attached hydrogens (tertiary/aromatic N) is 1. The molecule has 1 unspecified atom stereocenters. The zero-order valence-corrected chi connectivity index (χ0v) is 15.1. The minimum Gasteiger partial charge on any atom is -0.494 e. The van der Waals surface area contributed by atoms with E-state index in [-0.39, 0.29) is 0 Å². The molecule has 7 heteroatoms. The molecule has 4 atom stereocenters. The number of rotatable bonds is 9. The molecule has 1 aliphatic rings. The summed E-state index contributed by atoms with van der Waals surface area (Å²) in [6.45, 7) is 4.21. The van der Waals surface area contributed by atoms with E-state index in [0.717, 1.165) is 11.3 Å². The molecule has 1 aromatic carbocycles. The predicted octanol–water partition coefficient (Wildman–Crippen LogP) is -0.126. The molecule has 4 N–H and O–H groups in total. The highest BCUT2D eigenvalue weighted by molar-refractivity contribution is 5.51. The lowest BCUT2D eigenvalue weighted by Gasteiger charge is -2.37. The lowest BCUT2D eigenvalue weighted by molar-refractivity contribution is -0.103. The average Bonchev–Trinajstić information content (AvgIpc) is 2.69. The molecule has 0 spiro atoms. The molecular weight excluding hydrogens is 338 g/mol. The van der Waals surface area contributed by atoms with Crippen molar-refractivity contribution in [3.8, 4) is 5.75 Å². The van der Waals surface area contributed by atoms with E-state index >= 15 is 0 Å². The highest BCUT2D eigenvalue weighted by Crippen LogP contribution is 2.18. The second-order valence-electron chi connectivity index (χ2n) is 6.23. The van der Waals surface area contributed by atoms with Crippen LogP contribution in [0.3, 0.4) is 0 Å². The largest absolute Gasteiger partial charge is 0.494 e. The van der Waals surface area contributed by atoms with Crippen molar-refractivity contribution >= 4 is 6.08 Å². The van der Waals surface area contributed by atoms with Crippen molar-refractivity contribution in [2.24, 2.45) is 0 Å². The minimum absolute atomic E-state index is 0.512. The Bertz CT molecular complexity index is 543. The van der Waals surface area contributed by atoms with Crippen molar-refractivity contribution in [1.82, 2.24) is 4.90 Å². The molecule has 26 heavy (non-hydrogen) atoms. The van der Waals surface area contributed by atoms with Crippen LogP contribution in [0.5, 0.6) is 5.75 Å². The first kappa shape index (κ1) is 20.8. The van der Waals surface area contributed by atoms with Gasteiger partial charge < -0.3 is 29.9 Å². The third-order valence-electron chi connectivity index (χ3n) is 4.43. The Morgan fingerprint density at radius 1 is 1.12 bits per heavy atom. The topological polar surface area (TPSA) is 103 Å². The van der Waals surface area contributed by atoms with Gasteiger partial charge in [0.05, 0.1) is 32.5 Å². The maximum Gasteiger partial charge on any atom is 0.119 e. The van der Waals surface area contributed by atoms with Crippen LogP contribution >= 0.6 is 0 Å². The standard InChI is InChI=1S/C19H29NO6/c1-2-26-15-6-3-14(4-7-15)5-8-16(20-9-11-25-12-10-20)18(23)19(24)17(22)13-21/h3-8,16-19,21-24H,2,9-13H2,1H3/t16?,17-,18-,19-/m1/s1. The van der Waals surface area contributed by atoms with E-state index < -0.39 is 31.0 Å². The minimum atomic E-state index is -1.45. The molecule has 0 aromatic heterocycles. The van der Waals surface area contributed by atoms with Crippen LogP contribution < -0.4 is 4.74 Å². The molecule has 1 fully saturated rings. The maximum atomic E-state index is 10.5. The summed E-state index contributed by atoms with van der Waals surface area (Å²) in [4.78, 5) is 1.99. The molecule has 1 heterocycles. The molecule has 1 aromatic rings. The van der Waals surface area contributed by atoms with Gasteiger partial charge in [-0.3, -0.25) is 4.90 Å². The molecule has 7 nitrogen and oxygen atoms in total. The molecule has 146 valence electrons. The first-order chi connectivity index (χ1) is 12.6. The van der Waals surface area contributed by atoms with Crippen molar-refractivity contribution in [2.45, 2.75) is 31.3 Å². The average molecular weight is 367 g/mol. The lowest BCUT2D eigenvalue weighted by atomic mass is 9.98. The van der Waals surface area contributed by atoms with E-state index in [1.165, 1.54) is 0 Å². The van der Waals surface area contributed by atoms with Gasteiger partial charge in [-0.2, -0.15) is 0 Å². The summed E-state index contributed by atoms with van der Waals surface area (Å²) in [5, 5.41) is 39.4. The molecule has 0 amide bonds. The molecular formula is C19H29NO6. The van der Waals surface area contributed by atoms with Crippen molar-refractivity contribution < 1.29 is 29.9 Å². The Hall–Kier alpha value is -1.48. The second kappa shape index (κ2) is 10.6. The van der Waals surface area contributed by atoms with Gasteiger partial charge in [0.25, 0.3) is 0 Å². The Balaban J connectivity index is 2.14. The van der Waals surface area contributed by atoms with Crippen LogP contribution in [0.4, 0.5) is 0 Å². The summed E-state index contributed by atoms with van der Waals surface area (Å²) in [7, 11) is 0. The van der Waals surface area contributed by atoms with Gasteiger partial charge in [-0.15, -0.1) is 0 Å². The summed E-state index contributed by atoms with van der Waals surface area (Å²) in [6.07, 6.45) is -0.421. The van der Waals surface area contributed by atoms with Crippen LogP contribution in [-0.2, 0) is 4.74 Å². The first-order valence-corrected chi connectivity index (χ1v) is 8.94. The fraction of sp³-hybridized carbons (Fsp3) is 0.579. The smallest absolute Gasteiger partial charge is 0.119 e. The highest BCUT2D eigenvalue weighted by Gasteiger charge is 2.33. The van der Waals surface area contributed by atoms with E-state index in [0.29, 0.717) is 32.9 Å². The first-order valence-electron chi connectivity index (χ1n) is 8.94. The summed E-state index contributed by atoms with van der Waals surface area (Å²) >= 11 is 0. The van der Waals surface area contributed by atoms with Gasteiger partial charge in [-0.05, 0) is 24.6 Å². The SMILES string of the molecule is CCOc1ccc(C=CC([C@@H](O)[C@H](O)[C@H](O)CO)N2CCOCC2)cc1. The van der Waals surface area contributed by atoms with Crippen molar-refractivity contribution in [3.05, 3.63) is 35.9 Å². The van der Waals surface area contributed by atoms with E-state index in [1.54, 1.807) is 6.08 Å². The molecule has 2 rings (SSSR count). The Labute approximate surface area is 154 Å². The van der Waals surface area contributed by atoms with Crippen molar-refractivity contribution in [3.63, 3.8) is 0 Å². The summed E-state index contributed by atoms with van der Waals surface area (Å²) in [5.41, 5.74) is 0.927. The van der Waals surface area contributed by atoms with Gasteiger partial charge in [0.2, 0.25) is 0 Å². The van der Waals surface area contributed by atoms with E-state index in [1.807, 2.05) is 42.2 Å². The number of hydrogen-bond donors (Lipinski definition) is 4. The molecule has 1 aliphatic heterocycles. The summed E-state index contributed by atoms with van der Waals surface area (Å²) in [5.74, 6) is 0.788. The highest BCUT2D eigenvalue weighted by atomic mass is 16.5. The maximum absolute atomic E-state index is 10.5. The zero-order chi connectivity index (χ0) is 18.9. The number of aliphatic hydroxyl groups excluding tert-OH is 4. The lowest BCUT2D eigenvalue weighted by Crippen LogP contribution is -2.54. The number of hydrogen-bond acceptors (Lipinski definition) is 7. The van der Waals surface area contributed by atoms with Crippen LogP contribution in [0.2, 0.25) is 0 Å². The number of aliphatic hydroxyl groups is 4. The normalized spacial score (nSPS) is 20.7. The van der Waals surface area contributed by atoms with Crippen LogP contribution in [0.1, 0.15) is 12.5 Å². The quantitative estimate of drug-likeness (QED) is 0.482. The fourth-order valence-corrected chi connectivity index (χ4v) is 2.92. The Morgan fingerprint density at radius 2 is 1.77 bits per heavy atom. The van der Waals surface area contributed by atoms with Crippen LogP contribution in [0.15, 0.2) is 30.3 Å². The van der Waals surface area contributed by atoms with Gasteiger partial charge in [0.15, 0.2) is 0 Å². The summed E-state index contributed by atoms with van der Waals surface area (Å²) in [6, 6.07) is 7.04. The van der Waals surface area contributed by atoms with E-state index in [9.17, 15) is 15.3 Å². The van der Waals surface area contributed by atoms with E-state index in [4.69, 9.17) is 14.6 Å². The third-order valence-corrected chi connectivity index (χ3v) is 4.43. The Kier molecular flexibility index (Phi) is 8.50. The monoisotopic (exact) mass is 367 g/mol. The summed E-state index contributed by atoms with van der Waals surface area (Å²) < 4.78 is 10.8. The van der Waals surface area contributed by atoms with Gasteiger partial charge in [0.1, 0.15) is 24.1 Å². The number of morpholine rings is 1.